The van der Waals surface area contributed by atoms with Gasteiger partial charge in [0.1, 0.15) is 0 Å². The van der Waals surface area contributed by atoms with E-state index >= 15 is 0 Å². The summed E-state index contributed by atoms with van der Waals surface area (Å²) in [5, 5.41) is 3.07. The number of carbonyl (C=O) groups is 1. The fraction of sp³-hybridized carbons (Fsp3) is 0.389. The minimum Gasteiger partial charge on any atom is -0.352 e. The van der Waals surface area contributed by atoms with Gasteiger partial charge in [0.05, 0.1) is 16.3 Å². The van der Waals surface area contributed by atoms with Gasteiger partial charge in [0, 0.05) is 49.6 Å². The Morgan fingerprint density at radius 2 is 1.86 bits per heavy atom. The number of amides is 1. The van der Waals surface area contributed by atoms with Crippen LogP contribution in [0.3, 0.4) is 0 Å². The number of anilines is 1. The van der Waals surface area contributed by atoms with Crippen molar-refractivity contribution in [2.24, 2.45) is 0 Å². The van der Waals surface area contributed by atoms with Crippen LogP contribution in [0, 0.1) is 0 Å². The standard InChI is InChI=1S/C18H21BrClN5O3S/c19-14-3-4-16(20)15(13-14)17(26)21-7-2-12-29(27,28)25-10-8-24(9-11-25)18-22-5-1-6-23-18/h1,3-6,13H,2,7-12H2,(H,21,26). The van der Waals surface area contributed by atoms with Crippen molar-refractivity contribution < 1.29 is 13.2 Å². The fourth-order valence-corrected chi connectivity index (χ4v) is 5.02. The molecule has 1 N–H and O–H groups in total. The van der Waals surface area contributed by atoms with Crippen molar-refractivity contribution >= 4 is 49.4 Å². The number of piperazine rings is 1. The van der Waals surface area contributed by atoms with Crippen molar-refractivity contribution in [2.75, 3.05) is 43.4 Å². The molecule has 3 rings (SSSR count). The molecule has 1 aliphatic heterocycles. The maximum absolute atomic E-state index is 12.6. The van der Waals surface area contributed by atoms with E-state index in [0.717, 1.165) is 4.47 Å². The zero-order valence-electron chi connectivity index (χ0n) is 15.6. The Morgan fingerprint density at radius 1 is 1.17 bits per heavy atom. The molecule has 0 saturated carbocycles. The van der Waals surface area contributed by atoms with Crippen molar-refractivity contribution in [3.63, 3.8) is 0 Å². The molecular formula is C18H21BrClN5O3S. The first-order valence-corrected chi connectivity index (χ1v) is 11.9. The maximum Gasteiger partial charge on any atom is 0.252 e. The van der Waals surface area contributed by atoms with E-state index in [-0.39, 0.29) is 18.2 Å². The minimum absolute atomic E-state index is 0.0265. The monoisotopic (exact) mass is 501 g/mol. The number of benzene rings is 1. The SMILES string of the molecule is O=C(NCCCS(=O)(=O)N1CCN(c2ncccn2)CC1)c1cc(Br)ccc1Cl. The summed E-state index contributed by atoms with van der Waals surface area (Å²) in [5.74, 6) is 0.255. The third-order valence-electron chi connectivity index (χ3n) is 4.50. The van der Waals surface area contributed by atoms with Crippen molar-refractivity contribution in [2.45, 2.75) is 6.42 Å². The third-order valence-corrected chi connectivity index (χ3v) is 7.28. The molecule has 1 aliphatic rings. The van der Waals surface area contributed by atoms with E-state index in [1.54, 1.807) is 36.7 Å². The first kappa shape index (κ1) is 21.9. The van der Waals surface area contributed by atoms with Gasteiger partial charge in [-0.15, -0.1) is 0 Å². The molecule has 1 saturated heterocycles. The normalized spacial score (nSPS) is 15.3. The largest absolute Gasteiger partial charge is 0.352 e. The zero-order chi connectivity index (χ0) is 20.9. The molecule has 0 spiro atoms. The van der Waals surface area contributed by atoms with Gasteiger partial charge in [0.15, 0.2) is 0 Å². The Labute approximate surface area is 183 Å². The second-order valence-corrected chi connectivity index (χ2v) is 9.90. The van der Waals surface area contributed by atoms with Crippen molar-refractivity contribution in [1.82, 2.24) is 19.6 Å². The summed E-state index contributed by atoms with van der Waals surface area (Å²) < 4.78 is 27.4. The molecule has 0 unspecified atom stereocenters. The van der Waals surface area contributed by atoms with Gasteiger partial charge in [0.2, 0.25) is 16.0 Å². The van der Waals surface area contributed by atoms with E-state index in [4.69, 9.17) is 11.6 Å². The molecule has 8 nitrogen and oxygen atoms in total. The number of rotatable bonds is 7. The van der Waals surface area contributed by atoms with Crippen LogP contribution in [0.4, 0.5) is 5.95 Å². The number of sulfonamides is 1. The van der Waals surface area contributed by atoms with E-state index < -0.39 is 10.0 Å². The van der Waals surface area contributed by atoms with Gasteiger partial charge in [0.25, 0.3) is 5.91 Å². The Hall–Kier alpha value is -1.75. The molecule has 1 aromatic carbocycles. The van der Waals surface area contributed by atoms with Crippen LogP contribution in [0.2, 0.25) is 5.02 Å². The number of aromatic nitrogens is 2. The van der Waals surface area contributed by atoms with Crippen molar-refractivity contribution in [3.05, 3.63) is 51.7 Å². The van der Waals surface area contributed by atoms with Gasteiger partial charge in [-0.2, -0.15) is 4.31 Å². The van der Waals surface area contributed by atoms with Crippen molar-refractivity contribution in [1.29, 1.82) is 0 Å². The molecular weight excluding hydrogens is 482 g/mol. The smallest absolute Gasteiger partial charge is 0.252 e. The molecule has 0 bridgehead atoms. The van der Waals surface area contributed by atoms with Gasteiger partial charge < -0.3 is 10.2 Å². The van der Waals surface area contributed by atoms with Crippen LogP contribution in [-0.4, -0.2) is 67.1 Å². The van der Waals surface area contributed by atoms with Crippen LogP contribution in [0.15, 0.2) is 41.1 Å². The van der Waals surface area contributed by atoms with E-state index in [1.165, 1.54) is 4.31 Å². The van der Waals surface area contributed by atoms with Crippen molar-refractivity contribution in [3.8, 4) is 0 Å². The van der Waals surface area contributed by atoms with E-state index in [9.17, 15) is 13.2 Å². The average Bonchev–Trinajstić information content (AvgIpc) is 2.73. The number of carbonyl (C=O) groups excluding carboxylic acids is 1. The van der Waals surface area contributed by atoms with Gasteiger partial charge in [-0.3, -0.25) is 4.79 Å². The molecule has 1 fully saturated rings. The molecule has 11 heteroatoms. The number of hydrogen-bond acceptors (Lipinski definition) is 6. The van der Waals surface area contributed by atoms with E-state index in [0.29, 0.717) is 49.1 Å². The minimum atomic E-state index is -3.39. The van der Waals surface area contributed by atoms with E-state index in [1.807, 2.05) is 4.90 Å². The summed E-state index contributed by atoms with van der Waals surface area (Å²) in [6.07, 6.45) is 3.66. The highest BCUT2D eigenvalue weighted by Crippen LogP contribution is 2.21. The van der Waals surface area contributed by atoms with Gasteiger partial charge in [-0.05, 0) is 30.7 Å². The fourth-order valence-electron chi connectivity index (χ4n) is 2.97. The van der Waals surface area contributed by atoms with Crippen LogP contribution < -0.4 is 10.2 Å². The van der Waals surface area contributed by atoms with Gasteiger partial charge in [-0.1, -0.05) is 27.5 Å². The molecule has 0 aliphatic carbocycles. The highest BCUT2D eigenvalue weighted by Gasteiger charge is 2.27. The van der Waals surface area contributed by atoms with Gasteiger partial charge in [-0.25, -0.2) is 18.4 Å². The Balaban J connectivity index is 1.44. The number of nitrogens with zero attached hydrogens (tertiary/aromatic N) is 4. The lowest BCUT2D eigenvalue weighted by molar-refractivity contribution is 0.0953. The number of nitrogens with one attached hydrogen (secondary N) is 1. The quantitative estimate of drug-likeness (QED) is 0.583. The summed E-state index contributed by atoms with van der Waals surface area (Å²) >= 11 is 9.34. The second kappa shape index (κ2) is 9.84. The predicted octanol–water partition coefficient (Wildman–Crippen LogP) is 2.16. The third kappa shape index (κ3) is 5.88. The lowest BCUT2D eigenvalue weighted by Crippen LogP contribution is -2.49. The first-order chi connectivity index (χ1) is 13.9. The summed E-state index contributed by atoms with van der Waals surface area (Å²) in [6.45, 7) is 2.11. The highest BCUT2D eigenvalue weighted by molar-refractivity contribution is 9.10. The van der Waals surface area contributed by atoms with Crippen LogP contribution in [0.5, 0.6) is 0 Å². The van der Waals surface area contributed by atoms with Crippen LogP contribution >= 0.6 is 27.5 Å². The lowest BCUT2D eigenvalue weighted by Gasteiger charge is -2.33. The maximum atomic E-state index is 12.6. The molecule has 0 radical (unpaired) electrons. The Morgan fingerprint density at radius 3 is 2.55 bits per heavy atom. The van der Waals surface area contributed by atoms with Crippen LogP contribution in [-0.2, 0) is 10.0 Å². The van der Waals surface area contributed by atoms with E-state index in [2.05, 4.69) is 31.2 Å². The summed E-state index contributed by atoms with van der Waals surface area (Å²) in [5.41, 5.74) is 0.350. The molecule has 1 amide bonds. The summed E-state index contributed by atoms with van der Waals surface area (Å²) in [7, 11) is -3.39. The zero-order valence-corrected chi connectivity index (χ0v) is 18.8. The average molecular weight is 503 g/mol. The topological polar surface area (TPSA) is 95.5 Å². The first-order valence-electron chi connectivity index (χ1n) is 9.10. The van der Waals surface area contributed by atoms with Gasteiger partial charge >= 0.3 is 0 Å². The summed E-state index contributed by atoms with van der Waals surface area (Å²) in [4.78, 5) is 22.6. The molecule has 156 valence electrons. The lowest BCUT2D eigenvalue weighted by atomic mass is 10.2. The highest BCUT2D eigenvalue weighted by atomic mass is 79.9. The number of halogens is 2. The molecule has 2 heterocycles. The Kier molecular flexibility index (Phi) is 7.44. The number of hydrogen-bond donors (Lipinski definition) is 1. The Bertz CT molecular complexity index is 953. The molecule has 1 aromatic heterocycles. The molecule has 29 heavy (non-hydrogen) atoms. The second-order valence-electron chi connectivity index (χ2n) is 6.48. The molecule has 2 aromatic rings. The van der Waals surface area contributed by atoms with Crippen LogP contribution in [0.1, 0.15) is 16.8 Å². The summed E-state index contributed by atoms with van der Waals surface area (Å²) in [6, 6.07) is 6.75. The van der Waals surface area contributed by atoms with Crippen LogP contribution in [0.25, 0.3) is 0 Å². The predicted molar refractivity (Wildman–Crippen MR) is 116 cm³/mol. The molecule has 0 atom stereocenters.